The van der Waals surface area contributed by atoms with Gasteiger partial charge in [0.2, 0.25) is 0 Å². The molecule has 3 rings (SSSR count). The van der Waals surface area contributed by atoms with Crippen LogP contribution in [0.5, 0.6) is 0 Å². The number of amides is 2. The molecule has 1 aromatic heterocycles. The summed E-state index contributed by atoms with van der Waals surface area (Å²) in [6.07, 6.45) is -4.48. The predicted molar refractivity (Wildman–Crippen MR) is 109 cm³/mol. The number of ether oxygens (including phenoxy) is 2. The Morgan fingerprint density at radius 1 is 0.939 bits per heavy atom. The van der Waals surface area contributed by atoms with Crippen LogP contribution in [0.15, 0.2) is 30.5 Å². The summed E-state index contributed by atoms with van der Waals surface area (Å²) >= 11 is 0. The van der Waals surface area contributed by atoms with Gasteiger partial charge in [0, 0.05) is 31.7 Å². The fourth-order valence-corrected chi connectivity index (χ4v) is 3.41. The summed E-state index contributed by atoms with van der Waals surface area (Å²) in [5.41, 5.74) is -1.64. The molecule has 0 saturated carbocycles. The van der Waals surface area contributed by atoms with Crippen molar-refractivity contribution in [1.29, 1.82) is 0 Å². The van der Waals surface area contributed by atoms with E-state index in [9.17, 15) is 27.6 Å². The van der Waals surface area contributed by atoms with Gasteiger partial charge in [-0.25, -0.2) is 14.3 Å². The Hall–Kier alpha value is -3.57. The molecule has 0 N–H and O–H groups in total. The molecular weight excluding hydrogens is 445 g/mol. The van der Waals surface area contributed by atoms with Crippen molar-refractivity contribution >= 4 is 18.0 Å². The molecule has 33 heavy (non-hydrogen) atoms. The van der Waals surface area contributed by atoms with Gasteiger partial charge in [-0.15, -0.1) is 0 Å². The Kier molecular flexibility index (Phi) is 7.24. The molecule has 0 bridgehead atoms. The number of benzene rings is 1. The number of rotatable bonds is 5. The number of halogens is 3. The average Bonchev–Trinajstić information content (AvgIpc) is 3.25. The number of piperazine rings is 1. The quantitative estimate of drug-likeness (QED) is 0.627. The predicted octanol–water partition coefficient (Wildman–Crippen LogP) is 2.98. The number of esters is 1. The van der Waals surface area contributed by atoms with Gasteiger partial charge in [0.05, 0.1) is 25.1 Å². The molecule has 2 amide bonds. The maximum absolute atomic E-state index is 13.6. The fourth-order valence-electron chi connectivity index (χ4n) is 3.41. The largest absolute Gasteiger partial charge is 0.462 e. The molecule has 1 saturated heterocycles. The summed E-state index contributed by atoms with van der Waals surface area (Å²) in [7, 11) is 0. The Bertz CT molecular complexity index is 1010. The van der Waals surface area contributed by atoms with Gasteiger partial charge in [0.15, 0.2) is 5.69 Å². The van der Waals surface area contributed by atoms with E-state index < -0.39 is 29.5 Å². The summed E-state index contributed by atoms with van der Waals surface area (Å²) in [5, 5.41) is 3.71. The smallest absolute Gasteiger partial charge is 0.434 e. The second-order valence-corrected chi connectivity index (χ2v) is 7.06. The highest BCUT2D eigenvalue weighted by Crippen LogP contribution is 2.34. The number of hydrogen-bond acceptors (Lipinski definition) is 6. The lowest BCUT2D eigenvalue weighted by Gasteiger charge is -2.34. The number of carbonyl (C=O) groups is 3. The van der Waals surface area contributed by atoms with Crippen LogP contribution in [0.2, 0.25) is 0 Å². The summed E-state index contributed by atoms with van der Waals surface area (Å²) in [4.78, 5) is 39.5. The van der Waals surface area contributed by atoms with Crippen LogP contribution in [0.4, 0.5) is 18.0 Å². The topological polar surface area (TPSA) is 94.0 Å². The van der Waals surface area contributed by atoms with Crippen LogP contribution in [0, 0.1) is 0 Å². The molecule has 0 aliphatic carbocycles. The summed E-state index contributed by atoms with van der Waals surface area (Å²) in [6, 6.07) is 5.42. The SMILES string of the molecule is CCOC(=O)c1cnn(-c2ccc(C(=O)N3CCN(C(=O)OCC)CC3)cc2)c1C(F)(F)F. The Balaban J connectivity index is 1.76. The van der Waals surface area contributed by atoms with Crippen molar-refractivity contribution in [3.8, 4) is 5.69 Å². The Morgan fingerprint density at radius 2 is 1.52 bits per heavy atom. The van der Waals surface area contributed by atoms with E-state index in [2.05, 4.69) is 5.10 Å². The van der Waals surface area contributed by atoms with Gasteiger partial charge in [-0.1, -0.05) is 0 Å². The van der Waals surface area contributed by atoms with Crippen molar-refractivity contribution in [2.75, 3.05) is 39.4 Å². The first-order chi connectivity index (χ1) is 15.7. The monoisotopic (exact) mass is 468 g/mol. The third-order valence-electron chi connectivity index (χ3n) is 4.98. The minimum Gasteiger partial charge on any atom is -0.462 e. The van der Waals surface area contributed by atoms with Crippen LogP contribution < -0.4 is 0 Å². The van der Waals surface area contributed by atoms with Crippen molar-refractivity contribution in [3.63, 3.8) is 0 Å². The molecular formula is C21H23F3N4O5. The molecule has 2 heterocycles. The third-order valence-corrected chi connectivity index (χ3v) is 4.98. The van der Waals surface area contributed by atoms with Gasteiger partial charge in [0.1, 0.15) is 5.56 Å². The molecule has 1 aliphatic heterocycles. The molecule has 12 heteroatoms. The molecule has 0 radical (unpaired) electrons. The number of nitrogens with zero attached hydrogens (tertiary/aromatic N) is 4. The summed E-state index contributed by atoms with van der Waals surface area (Å²) in [6.45, 7) is 4.63. The number of hydrogen-bond donors (Lipinski definition) is 0. The van der Waals surface area contributed by atoms with E-state index in [1.165, 1.54) is 36.1 Å². The van der Waals surface area contributed by atoms with Gasteiger partial charge in [-0.3, -0.25) is 4.79 Å². The highest BCUT2D eigenvalue weighted by molar-refractivity contribution is 5.94. The van der Waals surface area contributed by atoms with E-state index in [0.717, 1.165) is 6.20 Å². The molecule has 1 fully saturated rings. The molecule has 2 aromatic rings. The van der Waals surface area contributed by atoms with E-state index in [0.29, 0.717) is 30.9 Å². The second kappa shape index (κ2) is 9.92. The molecule has 178 valence electrons. The lowest BCUT2D eigenvalue weighted by molar-refractivity contribution is -0.143. The average molecular weight is 468 g/mol. The van der Waals surface area contributed by atoms with Gasteiger partial charge in [-0.2, -0.15) is 18.3 Å². The lowest BCUT2D eigenvalue weighted by Crippen LogP contribution is -2.50. The molecule has 9 nitrogen and oxygen atoms in total. The first-order valence-electron chi connectivity index (χ1n) is 10.3. The third kappa shape index (κ3) is 5.26. The zero-order chi connectivity index (χ0) is 24.2. The first-order valence-corrected chi connectivity index (χ1v) is 10.3. The lowest BCUT2D eigenvalue weighted by atomic mass is 10.1. The molecule has 0 spiro atoms. The summed E-state index contributed by atoms with van der Waals surface area (Å²) in [5.74, 6) is -1.43. The normalized spacial score (nSPS) is 14.2. The van der Waals surface area contributed by atoms with Gasteiger partial charge in [-0.05, 0) is 38.1 Å². The van der Waals surface area contributed by atoms with Crippen molar-refractivity contribution < 1.29 is 37.0 Å². The van der Waals surface area contributed by atoms with Crippen LogP contribution in [0.25, 0.3) is 5.69 Å². The van der Waals surface area contributed by atoms with E-state index in [4.69, 9.17) is 9.47 Å². The Morgan fingerprint density at radius 3 is 2.06 bits per heavy atom. The molecule has 1 aromatic carbocycles. The van der Waals surface area contributed by atoms with Crippen molar-refractivity contribution in [2.45, 2.75) is 20.0 Å². The highest BCUT2D eigenvalue weighted by Gasteiger charge is 2.41. The standard InChI is InChI=1S/C21H23F3N4O5/c1-3-32-19(30)16-13-25-28(17(16)21(22,23)24)15-7-5-14(6-8-15)18(29)26-9-11-27(12-10-26)20(31)33-4-2/h5-8,13H,3-4,9-12H2,1-2H3. The number of aromatic nitrogens is 2. The second-order valence-electron chi connectivity index (χ2n) is 7.06. The first kappa shape index (κ1) is 24.1. The summed E-state index contributed by atoms with van der Waals surface area (Å²) < 4.78 is 51.2. The maximum Gasteiger partial charge on any atom is 0.434 e. The van der Waals surface area contributed by atoms with E-state index in [-0.39, 0.29) is 30.4 Å². The van der Waals surface area contributed by atoms with Gasteiger partial charge in [0.25, 0.3) is 5.91 Å². The molecule has 1 aliphatic rings. The molecule has 0 unspecified atom stereocenters. The zero-order valence-corrected chi connectivity index (χ0v) is 18.1. The highest BCUT2D eigenvalue weighted by atomic mass is 19.4. The van der Waals surface area contributed by atoms with Gasteiger partial charge >= 0.3 is 18.2 Å². The van der Waals surface area contributed by atoms with E-state index in [1.807, 2.05) is 0 Å². The van der Waals surface area contributed by atoms with Crippen molar-refractivity contribution in [1.82, 2.24) is 19.6 Å². The zero-order valence-electron chi connectivity index (χ0n) is 18.1. The van der Waals surface area contributed by atoms with Crippen LogP contribution in [0.1, 0.15) is 40.3 Å². The minimum atomic E-state index is -4.86. The fraction of sp³-hybridized carbons (Fsp3) is 0.429. The van der Waals surface area contributed by atoms with E-state index in [1.54, 1.807) is 11.8 Å². The molecule has 0 atom stereocenters. The van der Waals surface area contributed by atoms with Crippen molar-refractivity contribution in [2.24, 2.45) is 0 Å². The van der Waals surface area contributed by atoms with Crippen LogP contribution in [-0.2, 0) is 15.7 Å². The number of alkyl halides is 3. The van der Waals surface area contributed by atoms with Crippen LogP contribution in [0.3, 0.4) is 0 Å². The minimum absolute atomic E-state index is 0.0292. The van der Waals surface area contributed by atoms with Gasteiger partial charge < -0.3 is 19.3 Å². The van der Waals surface area contributed by atoms with E-state index >= 15 is 0 Å². The number of carbonyl (C=O) groups excluding carboxylic acids is 3. The maximum atomic E-state index is 13.6. The van der Waals surface area contributed by atoms with Crippen molar-refractivity contribution in [3.05, 3.63) is 47.3 Å². The Labute approximate surface area is 187 Å². The van der Waals surface area contributed by atoms with Crippen LogP contribution >= 0.6 is 0 Å². The van der Waals surface area contributed by atoms with Crippen LogP contribution in [-0.4, -0.2) is 76.9 Å².